The molecule has 0 bridgehead atoms. The highest BCUT2D eigenvalue weighted by molar-refractivity contribution is 7.92. The van der Waals surface area contributed by atoms with Crippen LogP contribution in [0.4, 0.5) is 5.69 Å². The van der Waals surface area contributed by atoms with Crippen LogP contribution in [0.2, 0.25) is 0 Å². The van der Waals surface area contributed by atoms with E-state index in [1.54, 1.807) is 12.4 Å². The first-order valence-corrected chi connectivity index (χ1v) is 9.56. The fourth-order valence-electron chi connectivity index (χ4n) is 3.08. The first kappa shape index (κ1) is 15.9. The monoisotopic (exact) mass is 335 g/mol. The van der Waals surface area contributed by atoms with Crippen LogP contribution >= 0.6 is 0 Å². The molecule has 0 spiro atoms. The molecule has 6 nitrogen and oxygen atoms in total. The van der Waals surface area contributed by atoms with Crippen molar-refractivity contribution in [2.24, 2.45) is 0 Å². The molecule has 0 saturated carbocycles. The minimum Gasteiger partial charge on any atom is -0.493 e. The van der Waals surface area contributed by atoms with E-state index in [9.17, 15) is 8.42 Å². The van der Waals surface area contributed by atoms with Crippen LogP contribution in [0.5, 0.6) is 5.75 Å². The second kappa shape index (κ2) is 6.23. The van der Waals surface area contributed by atoms with Gasteiger partial charge in [-0.25, -0.2) is 13.4 Å². The van der Waals surface area contributed by atoms with Crippen molar-refractivity contribution in [2.45, 2.75) is 25.7 Å². The molecule has 0 aliphatic carbocycles. The highest BCUT2D eigenvalue weighted by atomic mass is 32.2. The van der Waals surface area contributed by atoms with Gasteiger partial charge >= 0.3 is 0 Å². The quantitative estimate of drug-likeness (QED) is 0.910. The first-order valence-electron chi connectivity index (χ1n) is 7.71. The Bertz CT molecular complexity index is 772. The summed E-state index contributed by atoms with van der Waals surface area (Å²) in [6.07, 6.45) is 6.51. The summed E-state index contributed by atoms with van der Waals surface area (Å²) in [4.78, 5) is 7.27. The molecule has 124 valence electrons. The number of nitrogens with zero attached hydrogens (tertiary/aromatic N) is 2. The van der Waals surface area contributed by atoms with Gasteiger partial charge in [0.1, 0.15) is 5.75 Å². The number of hydrogen-bond acceptors (Lipinski definition) is 4. The highest BCUT2D eigenvalue weighted by Crippen LogP contribution is 2.38. The van der Waals surface area contributed by atoms with Gasteiger partial charge in [0.15, 0.2) is 0 Å². The maximum Gasteiger partial charge on any atom is 0.232 e. The molecule has 23 heavy (non-hydrogen) atoms. The van der Waals surface area contributed by atoms with Gasteiger partial charge in [0.2, 0.25) is 10.0 Å². The number of hydrogen-bond donors (Lipinski definition) is 1. The summed E-state index contributed by atoms with van der Waals surface area (Å²) < 4.78 is 31.0. The van der Waals surface area contributed by atoms with Crippen molar-refractivity contribution in [1.82, 2.24) is 9.97 Å². The Morgan fingerprint density at radius 3 is 2.91 bits per heavy atom. The number of fused-ring (bicyclic) bond motifs is 1. The lowest BCUT2D eigenvalue weighted by atomic mass is 9.89. The van der Waals surface area contributed by atoms with Crippen molar-refractivity contribution in [3.05, 3.63) is 42.0 Å². The third-order valence-electron chi connectivity index (χ3n) is 4.14. The molecule has 1 aromatic heterocycles. The molecule has 0 amide bonds. The minimum atomic E-state index is -3.29. The lowest BCUT2D eigenvalue weighted by Gasteiger charge is -2.28. The number of aromatic nitrogens is 2. The van der Waals surface area contributed by atoms with Crippen LogP contribution in [-0.4, -0.2) is 37.8 Å². The van der Waals surface area contributed by atoms with E-state index in [-0.39, 0.29) is 5.92 Å². The Morgan fingerprint density at radius 1 is 1.43 bits per heavy atom. The molecule has 0 radical (unpaired) electrons. The average molecular weight is 335 g/mol. The van der Waals surface area contributed by atoms with Gasteiger partial charge in [-0.1, -0.05) is 0 Å². The van der Waals surface area contributed by atoms with E-state index in [0.717, 1.165) is 29.8 Å². The minimum absolute atomic E-state index is 0.278. The van der Waals surface area contributed by atoms with Crippen LogP contribution in [0.1, 0.15) is 30.5 Å². The molecule has 1 aliphatic heterocycles. The van der Waals surface area contributed by atoms with Crippen LogP contribution in [0.15, 0.2) is 30.7 Å². The smallest absolute Gasteiger partial charge is 0.232 e. The Kier molecular flexibility index (Phi) is 4.30. The fraction of sp³-hybridized carbons (Fsp3) is 0.438. The molecule has 2 aromatic rings. The van der Waals surface area contributed by atoms with Crippen LogP contribution in [-0.2, 0) is 16.4 Å². The normalized spacial score (nSPS) is 17.4. The van der Waals surface area contributed by atoms with Crippen LogP contribution in [0.25, 0.3) is 0 Å². The summed E-state index contributed by atoms with van der Waals surface area (Å²) in [7, 11) is -3.29. The van der Waals surface area contributed by atoms with E-state index >= 15 is 0 Å². The summed E-state index contributed by atoms with van der Waals surface area (Å²) in [5.74, 6) is 1.12. The predicted molar refractivity (Wildman–Crippen MR) is 89.5 cm³/mol. The number of aromatic amines is 1. The molecule has 1 unspecified atom stereocenters. The summed E-state index contributed by atoms with van der Waals surface area (Å²) >= 11 is 0. The van der Waals surface area contributed by atoms with Gasteiger partial charge in [-0.05, 0) is 49.4 Å². The molecule has 1 N–H and O–H groups in total. The number of nitrogens with one attached hydrogen (secondary N) is 1. The largest absolute Gasteiger partial charge is 0.493 e. The third-order valence-corrected chi connectivity index (χ3v) is 5.41. The molecule has 3 rings (SSSR count). The van der Waals surface area contributed by atoms with Crippen molar-refractivity contribution in [3.8, 4) is 5.75 Å². The molecule has 1 aliphatic rings. The van der Waals surface area contributed by atoms with Gasteiger partial charge in [-0.3, -0.25) is 4.31 Å². The molecule has 0 saturated heterocycles. The van der Waals surface area contributed by atoms with E-state index < -0.39 is 10.0 Å². The van der Waals surface area contributed by atoms with Crippen molar-refractivity contribution < 1.29 is 13.2 Å². The predicted octanol–water partition coefficient (Wildman–Crippen LogP) is 2.30. The van der Waals surface area contributed by atoms with Crippen LogP contribution in [0, 0.1) is 0 Å². The van der Waals surface area contributed by atoms with Gasteiger partial charge < -0.3 is 9.72 Å². The van der Waals surface area contributed by atoms with Crippen molar-refractivity contribution in [2.75, 3.05) is 23.7 Å². The molecular formula is C16H21N3O3S. The van der Waals surface area contributed by atoms with E-state index in [0.29, 0.717) is 18.8 Å². The zero-order chi connectivity index (χ0) is 16.4. The Balaban J connectivity index is 1.96. The lowest BCUT2D eigenvalue weighted by molar-refractivity contribution is 0.266. The molecule has 0 fully saturated rings. The maximum absolute atomic E-state index is 11.9. The molecule has 7 heteroatoms. The topological polar surface area (TPSA) is 75.3 Å². The third kappa shape index (κ3) is 3.34. The second-order valence-corrected chi connectivity index (χ2v) is 7.66. The van der Waals surface area contributed by atoms with Gasteiger partial charge in [0, 0.05) is 12.7 Å². The maximum atomic E-state index is 11.9. The van der Waals surface area contributed by atoms with Crippen LogP contribution < -0.4 is 9.04 Å². The average Bonchev–Trinajstić information content (AvgIpc) is 3.00. The van der Waals surface area contributed by atoms with Crippen LogP contribution in [0.3, 0.4) is 0 Å². The number of sulfonamides is 1. The molecule has 1 aromatic carbocycles. The lowest BCUT2D eigenvalue weighted by Crippen LogP contribution is -2.29. The summed E-state index contributed by atoms with van der Waals surface area (Å²) in [5, 5.41) is 0. The van der Waals surface area contributed by atoms with E-state index in [1.807, 2.05) is 25.3 Å². The van der Waals surface area contributed by atoms with Gasteiger partial charge in [-0.2, -0.15) is 0 Å². The van der Waals surface area contributed by atoms with Crippen molar-refractivity contribution >= 4 is 15.7 Å². The SMILES string of the molecule is CCN(c1ccc2c(c1)C(Cc1c[nH]cn1)CCO2)S(C)(=O)=O. The zero-order valence-electron chi connectivity index (χ0n) is 13.3. The molecule has 2 heterocycles. The fourth-order valence-corrected chi connectivity index (χ4v) is 4.05. The van der Waals surface area contributed by atoms with Gasteiger partial charge in [-0.15, -0.1) is 0 Å². The number of H-pyrrole nitrogens is 1. The number of ether oxygens (including phenoxy) is 1. The van der Waals surface area contributed by atoms with Crippen molar-refractivity contribution in [1.29, 1.82) is 0 Å². The highest BCUT2D eigenvalue weighted by Gasteiger charge is 2.25. The first-order chi connectivity index (χ1) is 11.0. The standard InChI is InChI=1S/C16H21N3O3S/c1-3-19(23(2,20)21)14-4-5-16-15(9-14)12(6-7-22-16)8-13-10-17-11-18-13/h4-5,9-12H,3,6-8H2,1-2H3,(H,17,18). The summed E-state index contributed by atoms with van der Waals surface area (Å²) in [6, 6.07) is 5.62. The molecular weight excluding hydrogens is 314 g/mol. The second-order valence-electron chi connectivity index (χ2n) is 5.75. The number of benzene rings is 1. The Hall–Kier alpha value is -2.02. The number of imidazole rings is 1. The Labute approximate surface area is 136 Å². The number of rotatable bonds is 5. The zero-order valence-corrected chi connectivity index (χ0v) is 14.1. The van der Waals surface area contributed by atoms with E-state index in [4.69, 9.17) is 4.74 Å². The number of anilines is 1. The molecule has 1 atom stereocenters. The van der Waals surface area contributed by atoms with E-state index in [1.165, 1.54) is 10.6 Å². The van der Waals surface area contributed by atoms with Gasteiger partial charge in [0.05, 0.1) is 30.6 Å². The van der Waals surface area contributed by atoms with Gasteiger partial charge in [0.25, 0.3) is 0 Å². The Morgan fingerprint density at radius 2 is 2.26 bits per heavy atom. The summed E-state index contributed by atoms with van der Waals surface area (Å²) in [5.41, 5.74) is 2.74. The summed E-state index contributed by atoms with van der Waals surface area (Å²) in [6.45, 7) is 2.91. The van der Waals surface area contributed by atoms with E-state index in [2.05, 4.69) is 9.97 Å². The van der Waals surface area contributed by atoms with Crippen molar-refractivity contribution in [3.63, 3.8) is 0 Å².